The van der Waals surface area contributed by atoms with Crippen LogP contribution in [0.5, 0.6) is 5.75 Å². The summed E-state index contributed by atoms with van der Waals surface area (Å²) in [6, 6.07) is 4.73. The summed E-state index contributed by atoms with van der Waals surface area (Å²) < 4.78 is 49.8. The lowest BCUT2D eigenvalue weighted by Gasteiger charge is -2.41. The van der Waals surface area contributed by atoms with E-state index < -0.39 is 17.5 Å². The predicted molar refractivity (Wildman–Crippen MR) is 106 cm³/mol. The lowest BCUT2D eigenvalue weighted by atomic mass is 9.64. The maximum absolute atomic E-state index is 15.0. The zero-order chi connectivity index (χ0) is 19.8. The second-order valence-corrected chi connectivity index (χ2v) is 8.62. The molecule has 1 nitrogen and oxygen atoms in total. The molecule has 2 aromatic carbocycles. The largest absolute Gasteiger partial charge is 0.486 e. The van der Waals surface area contributed by atoms with Crippen molar-refractivity contribution in [2.24, 2.45) is 17.8 Å². The molecular formula is C24H27F3O. The van der Waals surface area contributed by atoms with E-state index >= 15 is 0 Å². The standard InChI is InChI=1S/C24H27F3O/c1-3-10-28-20-9-8-18-13-19(22(25)24(27)21(18)23(20)26)17-7-6-15-11-14(2)4-5-16(15)12-17/h3,8-9,13-17H,1,4-7,10-12H2,2H3/t14?,15-,16?,17-/m1/s1. The minimum absolute atomic E-state index is 0.00769. The Balaban J connectivity index is 1.67. The van der Waals surface area contributed by atoms with Gasteiger partial charge in [-0.05, 0) is 78.9 Å². The van der Waals surface area contributed by atoms with Gasteiger partial charge in [-0.25, -0.2) is 13.2 Å². The van der Waals surface area contributed by atoms with E-state index in [2.05, 4.69) is 13.5 Å². The molecule has 28 heavy (non-hydrogen) atoms. The molecule has 0 spiro atoms. The van der Waals surface area contributed by atoms with Crippen LogP contribution in [0.15, 0.2) is 30.9 Å². The summed E-state index contributed by atoms with van der Waals surface area (Å²) in [5.74, 6) is -0.854. The van der Waals surface area contributed by atoms with Gasteiger partial charge >= 0.3 is 0 Å². The van der Waals surface area contributed by atoms with E-state index in [4.69, 9.17) is 4.74 Å². The third-order valence-electron chi connectivity index (χ3n) is 6.79. The van der Waals surface area contributed by atoms with Crippen molar-refractivity contribution in [2.45, 2.75) is 51.4 Å². The van der Waals surface area contributed by atoms with Gasteiger partial charge in [-0.3, -0.25) is 0 Å². The summed E-state index contributed by atoms with van der Waals surface area (Å²) in [5.41, 5.74) is 0.404. The fraction of sp³-hybridized carbons (Fsp3) is 0.500. The molecule has 0 radical (unpaired) electrons. The normalized spacial score (nSPS) is 27.4. The van der Waals surface area contributed by atoms with Gasteiger partial charge in [-0.1, -0.05) is 32.1 Å². The summed E-state index contributed by atoms with van der Waals surface area (Å²) in [5, 5.41) is 0.0553. The van der Waals surface area contributed by atoms with E-state index in [1.54, 1.807) is 12.1 Å². The average molecular weight is 388 g/mol. The summed E-state index contributed by atoms with van der Waals surface area (Å²) in [6.07, 6.45) is 7.99. The SMILES string of the molecule is C=CCOc1ccc2cc([C@@H]3CC[C@@H]4CC(C)CCC4C3)c(F)c(F)c2c1F. The van der Waals surface area contributed by atoms with E-state index in [-0.39, 0.29) is 23.7 Å². The molecule has 2 aliphatic rings. The number of benzene rings is 2. The van der Waals surface area contributed by atoms with Crippen LogP contribution in [0.4, 0.5) is 13.2 Å². The molecule has 2 unspecified atom stereocenters. The first-order chi connectivity index (χ1) is 13.5. The van der Waals surface area contributed by atoms with Crippen molar-refractivity contribution in [1.29, 1.82) is 0 Å². The van der Waals surface area contributed by atoms with Gasteiger partial charge in [0.05, 0.1) is 5.39 Å². The molecule has 0 N–H and O–H groups in total. The van der Waals surface area contributed by atoms with E-state index in [9.17, 15) is 13.2 Å². The van der Waals surface area contributed by atoms with Crippen molar-refractivity contribution < 1.29 is 17.9 Å². The summed E-state index contributed by atoms with van der Waals surface area (Å²) in [6.45, 7) is 5.93. The summed E-state index contributed by atoms with van der Waals surface area (Å²) >= 11 is 0. The zero-order valence-corrected chi connectivity index (χ0v) is 16.3. The quantitative estimate of drug-likeness (QED) is 0.506. The van der Waals surface area contributed by atoms with Crippen molar-refractivity contribution >= 4 is 10.8 Å². The molecule has 2 aromatic rings. The van der Waals surface area contributed by atoms with Crippen LogP contribution in [-0.2, 0) is 0 Å². The number of hydrogen-bond acceptors (Lipinski definition) is 1. The van der Waals surface area contributed by atoms with Gasteiger partial charge in [0, 0.05) is 0 Å². The van der Waals surface area contributed by atoms with Crippen LogP contribution in [0.1, 0.15) is 56.9 Å². The van der Waals surface area contributed by atoms with Crippen LogP contribution >= 0.6 is 0 Å². The number of rotatable bonds is 4. The molecule has 150 valence electrons. The number of halogens is 3. The number of fused-ring (bicyclic) bond motifs is 2. The third-order valence-corrected chi connectivity index (χ3v) is 6.79. The van der Waals surface area contributed by atoms with Gasteiger partial charge in [0.2, 0.25) is 0 Å². The Kier molecular flexibility index (Phi) is 5.39. The minimum Gasteiger partial charge on any atom is -0.486 e. The molecule has 0 bridgehead atoms. The van der Waals surface area contributed by atoms with E-state index in [1.165, 1.54) is 31.4 Å². The molecule has 4 atom stereocenters. The van der Waals surface area contributed by atoms with E-state index in [1.807, 2.05) is 0 Å². The average Bonchev–Trinajstić information content (AvgIpc) is 2.69. The van der Waals surface area contributed by atoms with Crippen molar-refractivity contribution in [3.8, 4) is 5.75 Å². The van der Waals surface area contributed by atoms with Crippen LogP contribution in [-0.4, -0.2) is 6.61 Å². The van der Waals surface area contributed by atoms with Crippen molar-refractivity contribution in [2.75, 3.05) is 6.61 Å². The van der Waals surface area contributed by atoms with E-state index in [0.29, 0.717) is 16.9 Å². The first-order valence-corrected chi connectivity index (χ1v) is 10.3. The van der Waals surface area contributed by atoms with Crippen LogP contribution in [0.3, 0.4) is 0 Å². The molecule has 2 saturated carbocycles. The summed E-state index contributed by atoms with van der Waals surface area (Å²) in [4.78, 5) is 0. The van der Waals surface area contributed by atoms with Gasteiger partial charge in [0.25, 0.3) is 0 Å². The van der Waals surface area contributed by atoms with Crippen LogP contribution in [0.2, 0.25) is 0 Å². The topological polar surface area (TPSA) is 9.23 Å². The van der Waals surface area contributed by atoms with Gasteiger partial charge in [0.1, 0.15) is 6.61 Å². The fourth-order valence-corrected chi connectivity index (χ4v) is 5.35. The molecule has 4 heteroatoms. The van der Waals surface area contributed by atoms with Gasteiger partial charge in [-0.15, -0.1) is 0 Å². The maximum Gasteiger partial charge on any atom is 0.175 e. The third kappa shape index (κ3) is 3.42. The zero-order valence-electron chi connectivity index (χ0n) is 16.3. The Morgan fingerprint density at radius 3 is 2.54 bits per heavy atom. The van der Waals surface area contributed by atoms with Crippen molar-refractivity contribution in [3.05, 3.63) is 53.9 Å². The Morgan fingerprint density at radius 2 is 1.75 bits per heavy atom. The highest BCUT2D eigenvalue weighted by Gasteiger charge is 2.36. The highest BCUT2D eigenvalue weighted by atomic mass is 19.2. The first-order valence-electron chi connectivity index (χ1n) is 10.3. The molecule has 2 aliphatic carbocycles. The number of hydrogen-bond donors (Lipinski definition) is 0. The monoisotopic (exact) mass is 388 g/mol. The van der Waals surface area contributed by atoms with Gasteiger partial charge in [0.15, 0.2) is 23.2 Å². The second-order valence-electron chi connectivity index (χ2n) is 8.62. The lowest BCUT2D eigenvalue weighted by Crippen LogP contribution is -2.30. The Bertz CT molecular complexity index is 891. The van der Waals surface area contributed by atoms with Crippen LogP contribution in [0, 0.1) is 35.2 Å². The first kappa shape index (κ1) is 19.4. The molecule has 0 amide bonds. The molecule has 2 fully saturated rings. The molecular weight excluding hydrogens is 361 g/mol. The Hall–Kier alpha value is -1.97. The predicted octanol–water partition coefficient (Wildman–Crippen LogP) is 7.14. The van der Waals surface area contributed by atoms with Crippen LogP contribution < -0.4 is 4.74 Å². The molecule has 0 aromatic heterocycles. The Morgan fingerprint density at radius 1 is 1.00 bits per heavy atom. The highest BCUT2D eigenvalue weighted by Crippen LogP contribution is 2.48. The molecule has 0 heterocycles. The van der Waals surface area contributed by atoms with Gasteiger partial charge in [-0.2, -0.15) is 0 Å². The number of ether oxygens (including phenoxy) is 1. The Labute approximate surface area is 164 Å². The van der Waals surface area contributed by atoms with Crippen molar-refractivity contribution in [1.82, 2.24) is 0 Å². The smallest absolute Gasteiger partial charge is 0.175 e. The molecule has 0 aliphatic heterocycles. The molecule has 0 saturated heterocycles. The lowest BCUT2D eigenvalue weighted by molar-refractivity contribution is 0.123. The van der Waals surface area contributed by atoms with Gasteiger partial charge < -0.3 is 4.74 Å². The van der Waals surface area contributed by atoms with E-state index in [0.717, 1.165) is 31.1 Å². The summed E-state index contributed by atoms with van der Waals surface area (Å²) in [7, 11) is 0. The maximum atomic E-state index is 15.0. The van der Waals surface area contributed by atoms with Crippen molar-refractivity contribution in [3.63, 3.8) is 0 Å². The minimum atomic E-state index is -1.10. The fourth-order valence-electron chi connectivity index (χ4n) is 5.35. The molecule has 4 rings (SSSR count). The second kappa shape index (κ2) is 7.81. The van der Waals surface area contributed by atoms with Crippen LogP contribution in [0.25, 0.3) is 10.8 Å². The highest BCUT2D eigenvalue weighted by molar-refractivity contribution is 5.86.